The molecule has 0 saturated heterocycles. The van der Waals surface area contributed by atoms with E-state index < -0.39 is 0 Å². The summed E-state index contributed by atoms with van der Waals surface area (Å²) in [4.78, 5) is 13.9. The second-order valence-corrected chi connectivity index (χ2v) is 8.08. The third-order valence-electron chi connectivity index (χ3n) is 6.03. The first-order chi connectivity index (χ1) is 16.2. The van der Waals surface area contributed by atoms with Crippen molar-refractivity contribution in [3.8, 4) is 22.8 Å². The zero-order valence-corrected chi connectivity index (χ0v) is 18.4. The molecule has 0 atom stereocenters. The highest BCUT2D eigenvalue weighted by molar-refractivity contribution is 6.71. The summed E-state index contributed by atoms with van der Waals surface area (Å²) >= 11 is 0. The van der Waals surface area contributed by atoms with E-state index in [4.69, 9.17) is 59.9 Å². The molecule has 0 unspecified atom stereocenters. The Bertz CT molecular complexity index is 1640. The third kappa shape index (κ3) is 3.34. The average molecular weight is 416 g/mol. The number of aromatic nitrogens is 3. The van der Waals surface area contributed by atoms with Gasteiger partial charge in [-0.25, -0.2) is 15.0 Å². The molecule has 0 saturated carbocycles. The van der Waals surface area contributed by atoms with Crippen molar-refractivity contribution in [3.05, 3.63) is 48.3 Å². The van der Waals surface area contributed by atoms with Crippen molar-refractivity contribution in [2.24, 2.45) is 0 Å². The van der Waals surface area contributed by atoms with Crippen LogP contribution in [-0.2, 0) is 0 Å². The zero-order chi connectivity index (χ0) is 24.3. The largest absolute Gasteiger partial charge is 0.213 e. The lowest BCUT2D eigenvalue weighted by molar-refractivity contribution is 0.996. The third-order valence-corrected chi connectivity index (χ3v) is 6.03. The first kappa shape index (κ1) is 22.6. The van der Waals surface area contributed by atoms with Gasteiger partial charge in [0.15, 0.2) is 11.6 Å². The molecule has 1 heterocycles. The van der Waals surface area contributed by atoms with Gasteiger partial charge in [-0.15, -0.1) is 16.4 Å². The van der Waals surface area contributed by atoms with Gasteiger partial charge in [0.1, 0.15) is 60.7 Å². The summed E-state index contributed by atoms with van der Waals surface area (Å²) in [7, 11) is 43.9. The summed E-state index contributed by atoms with van der Waals surface area (Å²) in [5, 5.41) is 2.80. The SMILES string of the molecule is [B]c1c([B])c([B])c2c(-c3nc(C)nc(-c4cccc5ccccc45)n3)c([B])c([B])c([B])c2c1[B]. The van der Waals surface area contributed by atoms with Crippen LogP contribution in [0.4, 0.5) is 0 Å². The van der Waals surface area contributed by atoms with E-state index in [1.165, 1.54) is 0 Å². The van der Waals surface area contributed by atoms with Crippen LogP contribution in [0.25, 0.3) is 44.3 Å². The number of nitrogens with zero attached hydrogens (tertiary/aromatic N) is 3. The van der Waals surface area contributed by atoms with Crippen LogP contribution in [0.5, 0.6) is 0 Å². The normalized spacial score (nSPS) is 11.3. The average Bonchev–Trinajstić information content (AvgIpc) is 2.83. The second-order valence-electron chi connectivity index (χ2n) is 8.08. The quantitative estimate of drug-likeness (QED) is 0.296. The van der Waals surface area contributed by atoms with Gasteiger partial charge in [0.25, 0.3) is 0 Å². The standard InChI is InChI=1S/C24H10B7N3/c1-9-32-23(12-8-4-6-10-5-2-3-7-11(10)12)34-24(33-9)15-13-14(17(26)20(29)19(15)28)18(27)22(31)21(30)16(13)25/h2-8H,1H3. The van der Waals surface area contributed by atoms with E-state index in [1.807, 2.05) is 42.5 Å². The molecule has 0 N–H and O–H groups in total. The van der Waals surface area contributed by atoms with Gasteiger partial charge in [0, 0.05) is 11.1 Å². The predicted molar refractivity (Wildman–Crippen MR) is 148 cm³/mol. The lowest BCUT2D eigenvalue weighted by atomic mass is 9.59. The van der Waals surface area contributed by atoms with E-state index in [9.17, 15) is 0 Å². The fourth-order valence-electron chi connectivity index (χ4n) is 4.28. The Morgan fingerprint density at radius 2 is 1.09 bits per heavy atom. The van der Waals surface area contributed by atoms with Crippen LogP contribution in [0.3, 0.4) is 0 Å². The molecular formula is C24H10B7N3. The molecule has 142 valence electrons. The Kier molecular flexibility index (Phi) is 5.51. The monoisotopic (exact) mass is 417 g/mol. The summed E-state index contributed by atoms with van der Waals surface area (Å²) in [6.07, 6.45) is 0. The molecule has 0 fully saturated rings. The van der Waals surface area contributed by atoms with Crippen molar-refractivity contribution in [2.75, 3.05) is 0 Å². The molecule has 0 aliphatic heterocycles. The van der Waals surface area contributed by atoms with E-state index in [1.54, 1.807) is 6.92 Å². The van der Waals surface area contributed by atoms with Crippen molar-refractivity contribution < 1.29 is 0 Å². The van der Waals surface area contributed by atoms with Crippen LogP contribution in [0, 0.1) is 6.92 Å². The molecule has 0 aliphatic rings. The highest BCUT2D eigenvalue weighted by atomic mass is 15.0. The number of benzene rings is 4. The molecular weight excluding hydrogens is 406 g/mol. The van der Waals surface area contributed by atoms with Gasteiger partial charge in [-0.05, 0) is 28.5 Å². The Hall–Kier alpha value is -3.14. The molecule has 10 heteroatoms. The molecule has 0 amide bonds. The van der Waals surface area contributed by atoms with Gasteiger partial charge >= 0.3 is 0 Å². The Morgan fingerprint density at radius 3 is 1.79 bits per heavy atom. The first-order valence-corrected chi connectivity index (χ1v) is 10.4. The van der Waals surface area contributed by atoms with Crippen molar-refractivity contribution >= 4 is 115 Å². The van der Waals surface area contributed by atoms with Gasteiger partial charge in [-0.3, -0.25) is 0 Å². The van der Waals surface area contributed by atoms with Gasteiger partial charge in [-0.2, -0.15) is 0 Å². The second kappa shape index (κ2) is 8.27. The van der Waals surface area contributed by atoms with Crippen molar-refractivity contribution in [2.45, 2.75) is 6.92 Å². The topological polar surface area (TPSA) is 38.7 Å². The molecule has 0 spiro atoms. The number of fused-ring (bicyclic) bond motifs is 2. The molecule has 4 aromatic carbocycles. The summed E-state index contributed by atoms with van der Waals surface area (Å²) in [6.45, 7) is 1.77. The van der Waals surface area contributed by atoms with Gasteiger partial charge in [0.05, 0.1) is 0 Å². The lowest BCUT2D eigenvalue weighted by Gasteiger charge is -2.24. The smallest absolute Gasteiger partial charge is 0.164 e. The Morgan fingerprint density at radius 1 is 0.529 bits per heavy atom. The zero-order valence-electron chi connectivity index (χ0n) is 18.4. The van der Waals surface area contributed by atoms with Crippen LogP contribution >= 0.6 is 0 Å². The summed E-state index contributed by atoms with van der Waals surface area (Å²) < 4.78 is 0. The molecule has 0 aliphatic carbocycles. The highest BCUT2D eigenvalue weighted by Gasteiger charge is 2.21. The maximum absolute atomic E-state index is 6.44. The molecule has 5 aromatic rings. The minimum absolute atomic E-state index is 0.120. The molecule has 3 nitrogen and oxygen atoms in total. The molecule has 1 aromatic heterocycles. The van der Waals surface area contributed by atoms with E-state index in [-0.39, 0.29) is 44.1 Å². The van der Waals surface area contributed by atoms with E-state index in [0.29, 0.717) is 28.0 Å². The maximum Gasteiger partial charge on any atom is 0.164 e. The fraction of sp³-hybridized carbons (Fsp3) is 0.0417. The molecule has 0 bridgehead atoms. The maximum atomic E-state index is 6.44. The van der Waals surface area contributed by atoms with Crippen LogP contribution in [-0.4, -0.2) is 69.9 Å². The van der Waals surface area contributed by atoms with Crippen molar-refractivity contribution in [1.29, 1.82) is 0 Å². The fourth-order valence-corrected chi connectivity index (χ4v) is 4.28. The van der Waals surface area contributed by atoms with Crippen LogP contribution < -0.4 is 38.2 Å². The minimum Gasteiger partial charge on any atom is -0.213 e. The Balaban J connectivity index is 1.90. The van der Waals surface area contributed by atoms with Crippen LogP contribution in [0.2, 0.25) is 0 Å². The number of hydrogen-bond acceptors (Lipinski definition) is 3. The van der Waals surface area contributed by atoms with Gasteiger partial charge in [0.2, 0.25) is 0 Å². The number of aryl methyl sites for hydroxylation is 1. The van der Waals surface area contributed by atoms with Crippen molar-refractivity contribution in [1.82, 2.24) is 15.0 Å². The molecule has 5 rings (SSSR count). The van der Waals surface area contributed by atoms with Crippen molar-refractivity contribution in [3.63, 3.8) is 0 Å². The number of hydrogen-bond donors (Lipinski definition) is 0. The predicted octanol–water partition coefficient (Wildman–Crippen LogP) is -2.62. The van der Waals surface area contributed by atoms with E-state index in [2.05, 4.69) is 9.97 Å². The van der Waals surface area contributed by atoms with Gasteiger partial charge < -0.3 is 0 Å². The van der Waals surface area contributed by atoms with Crippen LogP contribution in [0.1, 0.15) is 5.82 Å². The minimum atomic E-state index is 0.120. The lowest BCUT2D eigenvalue weighted by Crippen LogP contribution is -2.52. The van der Waals surface area contributed by atoms with E-state index >= 15 is 0 Å². The molecule has 34 heavy (non-hydrogen) atoms. The summed E-state index contributed by atoms with van der Waals surface area (Å²) in [5.74, 6) is 1.21. The van der Waals surface area contributed by atoms with Gasteiger partial charge in [-0.1, -0.05) is 64.3 Å². The first-order valence-electron chi connectivity index (χ1n) is 10.4. The number of rotatable bonds is 2. The summed E-state index contributed by atoms with van der Waals surface area (Å²) in [6, 6.07) is 13.9. The highest BCUT2D eigenvalue weighted by Crippen LogP contribution is 2.28. The van der Waals surface area contributed by atoms with E-state index in [0.717, 1.165) is 16.3 Å². The Labute approximate surface area is 207 Å². The molecule has 14 radical (unpaired) electrons. The summed E-state index contributed by atoms with van der Waals surface area (Å²) in [5.41, 5.74) is 2.22. The van der Waals surface area contributed by atoms with Crippen LogP contribution in [0.15, 0.2) is 42.5 Å².